The van der Waals surface area contributed by atoms with Gasteiger partial charge >= 0.3 is 5.97 Å². The number of benzene rings is 1. The molecule has 2 aliphatic heterocycles. The van der Waals surface area contributed by atoms with Crippen LogP contribution in [-0.2, 0) is 11.3 Å². The molecule has 3 unspecified atom stereocenters. The molecule has 0 saturated carbocycles. The number of aromatic carboxylic acids is 1. The Bertz CT molecular complexity index is 761. The summed E-state index contributed by atoms with van der Waals surface area (Å²) in [6.45, 7) is 0.768. The van der Waals surface area contributed by atoms with E-state index in [1.807, 2.05) is 6.20 Å². The Kier molecular flexibility index (Phi) is 3.69. The van der Waals surface area contributed by atoms with Crippen LogP contribution in [0.3, 0.4) is 0 Å². The highest BCUT2D eigenvalue weighted by Crippen LogP contribution is 2.39. The van der Waals surface area contributed by atoms with Crippen LogP contribution in [0.15, 0.2) is 28.9 Å². The molecule has 1 aromatic carbocycles. The first-order chi connectivity index (χ1) is 11.1. The zero-order chi connectivity index (χ0) is 16.0. The summed E-state index contributed by atoms with van der Waals surface area (Å²) in [5.41, 5.74) is 1.37. The molecule has 3 atom stereocenters. The van der Waals surface area contributed by atoms with E-state index in [4.69, 9.17) is 4.74 Å². The third-order valence-electron chi connectivity index (χ3n) is 4.68. The lowest BCUT2D eigenvalue weighted by atomic mass is 9.89. The number of fused-ring (bicyclic) bond motifs is 2. The topological polar surface area (TPSA) is 77.2 Å². The molecule has 0 radical (unpaired) electrons. The van der Waals surface area contributed by atoms with Crippen LogP contribution in [0.25, 0.3) is 11.3 Å². The van der Waals surface area contributed by atoms with Gasteiger partial charge in [-0.05, 0) is 37.5 Å². The van der Waals surface area contributed by atoms with Gasteiger partial charge in [-0.1, -0.05) is 21.1 Å². The minimum absolute atomic E-state index is 0.225. The molecular formula is C16H16BrN3O3. The van der Waals surface area contributed by atoms with Crippen molar-refractivity contribution in [3.63, 3.8) is 0 Å². The van der Waals surface area contributed by atoms with Crippen LogP contribution in [0.5, 0.6) is 0 Å². The Morgan fingerprint density at radius 3 is 3.00 bits per heavy atom. The van der Waals surface area contributed by atoms with Crippen molar-refractivity contribution in [2.45, 2.75) is 38.0 Å². The molecule has 0 aliphatic carbocycles. The van der Waals surface area contributed by atoms with Crippen LogP contribution < -0.4 is 0 Å². The minimum atomic E-state index is -0.969. The van der Waals surface area contributed by atoms with Crippen molar-refractivity contribution in [3.05, 3.63) is 34.4 Å². The highest BCUT2D eigenvalue weighted by Gasteiger charge is 2.40. The van der Waals surface area contributed by atoms with Crippen molar-refractivity contribution < 1.29 is 14.6 Å². The van der Waals surface area contributed by atoms with Gasteiger partial charge in [0.15, 0.2) is 0 Å². The molecule has 23 heavy (non-hydrogen) atoms. The third-order valence-corrected chi connectivity index (χ3v) is 5.17. The maximum Gasteiger partial charge on any atom is 0.336 e. The monoisotopic (exact) mass is 377 g/mol. The van der Waals surface area contributed by atoms with E-state index >= 15 is 0 Å². The molecule has 2 saturated heterocycles. The summed E-state index contributed by atoms with van der Waals surface area (Å²) in [5, 5.41) is 17.7. The number of rotatable bonds is 4. The number of hydrogen-bond acceptors (Lipinski definition) is 4. The van der Waals surface area contributed by atoms with Gasteiger partial charge in [-0.15, -0.1) is 5.10 Å². The molecule has 6 nitrogen and oxygen atoms in total. The van der Waals surface area contributed by atoms with Crippen LogP contribution in [-0.4, -0.2) is 38.3 Å². The standard InChI is InChI=1S/C16H16BrN3O3/c17-10-1-3-12(16(21)22)13(6-10)14-8-20(19-18-14)7-9-5-11-2-4-15(9)23-11/h1,3,6,8-9,11,15H,2,4-5,7H2,(H,21,22). The smallest absolute Gasteiger partial charge is 0.336 e. The first kappa shape index (κ1) is 14.8. The molecule has 4 rings (SSSR count). The third kappa shape index (κ3) is 2.79. The molecule has 3 heterocycles. The molecule has 120 valence electrons. The van der Waals surface area contributed by atoms with Crippen LogP contribution in [0.4, 0.5) is 0 Å². The quantitative estimate of drug-likeness (QED) is 0.885. The molecule has 2 aliphatic rings. The summed E-state index contributed by atoms with van der Waals surface area (Å²) in [6, 6.07) is 5.05. The van der Waals surface area contributed by atoms with E-state index in [0.717, 1.165) is 23.9 Å². The zero-order valence-corrected chi connectivity index (χ0v) is 13.9. The van der Waals surface area contributed by atoms with Gasteiger partial charge in [0, 0.05) is 22.5 Å². The first-order valence-corrected chi connectivity index (χ1v) is 8.48. The van der Waals surface area contributed by atoms with E-state index in [9.17, 15) is 9.90 Å². The molecule has 0 amide bonds. The van der Waals surface area contributed by atoms with Crippen LogP contribution in [0.1, 0.15) is 29.6 Å². The Morgan fingerprint density at radius 1 is 1.43 bits per heavy atom. The van der Waals surface area contributed by atoms with Gasteiger partial charge in [-0.2, -0.15) is 0 Å². The van der Waals surface area contributed by atoms with E-state index in [1.54, 1.807) is 22.9 Å². The van der Waals surface area contributed by atoms with Crippen LogP contribution in [0, 0.1) is 5.92 Å². The molecule has 1 N–H and O–H groups in total. The molecule has 2 fully saturated rings. The fourth-order valence-electron chi connectivity index (χ4n) is 3.60. The Balaban J connectivity index is 1.58. The second-order valence-corrected chi connectivity index (χ2v) is 7.11. The number of carboxylic acid groups (broad SMARTS) is 1. The molecule has 7 heteroatoms. The Labute approximate surface area is 141 Å². The fourth-order valence-corrected chi connectivity index (χ4v) is 3.96. The van der Waals surface area contributed by atoms with Crippen molar-refractivity contribution in [3.8, 4) is 11.3 Å². The summed E-state index contributed by atoms with van der Waals surface area (Å²) in [7, 11) is 0. The molecular weight excluding hydrogens is 362 g/mol. The van der Waals surface area contributed by atoms with Gasteiger partial charge in [0.25, 0.3) is 0 Å². The van der Waals surface area contributed by atoms with Crippen molar-refractivity contribution in [2.24, 2.45) is 5.92 Å². The van der Waals surface area contributed by atoms with E-state index in [0.29, 0.717) is 29.4 Å². The predicted molar refractivity (Wildman–Crippen MR) is 86.1 cm³/mol. The Morgan fingerprint density at radius 2 is 2.30 bits per heavy atom. The van der Waals surface area contributed by atoms with Gasteiger partial charge in [-0.25, -0.2) is 4.79 Å². The van der Waals surface area contributed by atoms with Gasteiger partial charge in [0.05, 0.1) is 24.0 Å². The lowest BCUT2D eigenvalue weighted by molar-refractivity contribution is 0.0697. The van der Waals surface area contributed by atoms with Crippen molar-refractivity contribution in [2.75, 3.05) is 0 Å². The number of carbonyl (C=O) groups is 1. The van der Waals surface area contributed by atoms with Gasteiger partial charge in [-0.3, -0.25) is 4.68 Å². The van der Waals surface area contributed by atoms with Crippen molar-refractivity contribution >= 4 is 21.9 Å². The Hall–Kier alpha value is -1.73. The summed E-state index contributed by atoms with van der Waals surface area (Å²) in [5.74, 6) is -0.492. The van der Waals surface area contributed by atoms with Crippen molar-refractivity contribution in [1.29, 1.82) is 0 Å². The number of ether oxygens (including phenoxy) is 1. The lowest BCUT2D eigenvalue weighted by Crippen LogP contribution is -2.22. The predicted octanol–water partition coefficient (Wildman–Crippen LogP) is 2.97. The van der Waals surface area contributed by atoms with E-state index in [2.05, 4.69) is 26.2 Å². The summed E-state index contributed by atoms with van der Waals surface area (Å²) >= 11 is 3.38. The first-order valence-electron chi connectivity index (χ1n) is 7.69. The highest BCUT2D eigenvalue weighted by molar-refractivity contribution is 9.10. The van der Waals surface area contributed by atoms with Crippen LogP contribution in [0.2, 0.25) is 0 Å². The second-order valence-electron chi connectivity index (χ2n) is 6.19. The maximum atomic E-state index is 11.4. The molecule has 1 aromatic heterocycles. The average molecular weight is 378 g/mol. The highest BCUT2D eigenvalue weighted by atomic mass is 79.9. The second kappa shape index (κ2) is 5.72. The van der Waals surface area contributed by atoms with Crippen molar-refractivity contribution in [1.82, 2.24) is 15.0 Å². The van der Waals surface area contributed by atoms with Gasteiger partial charge in [0.1, 0.15) is 5.69 Å². The normalized spacial score (nSPS) is 25.9. The van der Waals surface area contributed by atoms with E-state index < -0.39 is 5.97 Å². The van der Waals surface area contributed by atoms with E-state index in [-0.39, 0.29) is 5.56 Å². The summed E-state index contributed by atoms with van der Waals surface area (Å²) < 4.78 is 8.49. The zero-order valence-electron chi connectivity index (χ0n) is 12.4. The number of hydrogen-bond donors (Lipinski definition) is 1. The summed E-state index contributed by atoms with van der Waals surface area (Å²) in [6.07, 6.45) is 5.96. The average Bonchev–Trinajstić information content (AvgIpc) is 3.23. The number of carboxylic acids is 1. The SMILES string of the molecule is O=C(O)c1ccc(Br)cc1-c1cn(CC2CC3CCC2O3)nn1. The number of aromatic nitrogens is 3. The molecule has 0 spiro atoms. The maximum absolute atomic E-state index is 11.4. The largest absolute Gasteiger partial charge is 0.478 e. The van der Waals surface area contributed by atoms with E-state index in [1.165, 1.54) is 6.42 Å². The fraction of sp³-hybridized carbons (Fsp3) is 0.438. The lowest BCUT2D eigenvalue weighted by Gasteiger charge is -2.17. The number of halogens is 1. The van der Waals surface area contributed by atoms with Gasteiger partial charge < -0.3 is 9.84 Å². The number of nitrogens with zero attached hydrogens (tertiary/aromatic N) is 3. The molecule has 2 aromatic rings. The van der Waals surface area contributed by atoms with Gasteiger partial charge in [0.2, 0.25) is 0 Å². The molecule has 2 bridgehead atoms. The minimum Gasteiger partial charge on any atom is -0.478 e. The van der Waals surface area contributed by atoms with Crippen LogP contribution >= 0.6 is 15.9 Å². The summed E-state index contributed by atoms with van der Waals surface area (Å²) in [4.78, 5) is 11.4.